The Kier molecular flexibility index (Phi) is 1.26. The first-order valence-corrected chi connectivity index (χ1v) is 2.37. The molecule has 0 N–H and O–H groups in total. The van der Waals surface area contributed by atoms with E-state index in [2.05, 4.69) is 10.5 Å². The number of hydrogen-bond donors (Lipinski definition) is 0. The summed E-state index contributed by atoms with van der Waals surface area (Å²) in [6.45, 7) is 0. The van der Waals surface area contributed by atoms with Crippen LogP contribution in [-0.4, -0.2) is 0 Å². The molecule has 0 fully saturated rings. The zero-order valence-electron chi connectivity index (χ0n) is 3.24. The van der Waals surface area contributed by atoms with Gasteiger partial charge in [-0.25, -0.2) is 0 Å². The molecule has 0 amide bonds. The maximum atomic E-state index is 5.28. The van der Waals surface area contributed by atoms with E-state index in [1.54, 1.807) is 0 Å². The minimum absolute atomic E-state index is 0.199. The molecule has 0 bridgehead atoms. The molecule has 0 aliphatic heterocycles. The first-order chi connectivity index (χ1) is 3.29. The fourth-order valence-corrected chi connectivity index (χ4v) is 0.567. The van der Waals surface area contributed by atoms with Gasteiger partial charge in [0.05, 0.1) is 0 Å². The zero-order chi connectivity index (χ0) is 5.28. The van der Waals surface area contributed by atoms with Gasteiger partial charge >= 0.3 is 0 Å². The van der Waals surface area contributed by atoms with Crippen molar-refractivity contribution in [2.24, 2.45) is 0 Å². The summed E-state index contributed by atoms with van der Waals surface area (Å²) in [5.41, 5.74) is 0. The minimum Gasteiger partial charge on any atom is -0.433 e. The van der Waals surface area contributed by atoms with Gasteiger partial charge in [0.25, 0.3) is 0 Å². The Morgan fingerprint density at radius 3 is 2.43 bits per heavy atom. The third-order valence-electron chi connectivity index (χ3n) is 0.486. The summed E-state index contributed by atoms with van der Waals surface area (Å²) in [6, 6.07) is 4.00. The summed E-state index contributed by atoms with van der Waals surface area (Å²) >= 11 is 10.5. The van der Waals surface area contributed by atoms with Crippen LogP contribution in [0.3, 0.4) is 0 Å². The Balaban J connectivity index is 3.04. The molecular weight excluding hydrogens is 135 g/mol. The summed E-state index contributed by atoms with van der Waals surface area (Å²) in [6.07, 6.45) is 0. The van der Waals surface area contributed by atoms with E-state index in [0.717, 1.165) is 0 Å². The van der Waals surface area contributed by atoms with Gasteiger partial charge in [0, 0.05) is 12.1 Å². The predicted molar refractivity (Wildman–Crippen MR) is 27.6 cm³/mol. The Bertz CT molecular complexity index is 142. The van der Waals surface area contributed by atoms with Gasteiger partial charge in [-0.2, -0.15) is 0 Å². The Labute approximate surface area is 50.8 Å². The number of halogens is 2. The minimum atomic E-state index is 0.199. The molecule has 1 aromatic heterocycles. The first kappa shape index (κ1) is 5.01. The molecular formula is C4HCl2O. The molecule has 0 atom stereocenters. The van der Waals surface area contributed by atoms with Gasteiger partial charge in [0.1, 0.15) is 0 Å². The third kappa shape index (κ3) is 1.11. The number of hydrogen-bond acceptors (Lipinski definition) is 1. The molecule has 1 aromatic rings. The lowest BCUT2D eigenvalue weighted by molar-refractivity contribution is 0.571. The van der Waals surface area contributed by atoms with Gasteiger partial charge in [0.2, 0.25) is 5.22 Å². The van der Waals surface area contributed by atoms with E-state index < -0.39 is 0 Å². The van der Waals surface area contributed by atoms with Gasteiger partial charge in [-0.05, 0) is 23.2 Å². The second kappa shape index (κ2) is 1.76. The van der Waals surface area contributed by atoms with E-state index in [0.29, 0.717) is 0 Å². The van der Waals surface area contributed by atoms with Crippen molar-refractivity contribution < 1.29 is 4.42 Å². The zero-order valence-corrected chi connectivity index (χ0v) is 4.75. The molecule has 0 unspecified atom stereocenters. The van der Waals surface area contributed by atoms with Crippen molar-refractivity contribution >= 4 is 23.2 Å². The highest BCUT2D eigenvalue weighted by molar-refractivity contribution is 6.31. The molecule has 0 aliphatic carbocycles. The van der Waals surface area contributed by atoms with E-state index in [1.807, 2.05) is 0 Å². The average molecular weight is 136 g/mol. The largest absolute Gasteiger partial charge is 0.433 e. The van der Waals surface area contributed by atoms with Gasteiger partial charge < -0.3 is 4.42 Å². The molecule has 0 saturated heterocycles. The average Bonchev–Trinajstić information content (AvgIpc) is 1.87. The van der Waals surface area contributed by atoms with E-state index in [9.17, 15) is 0 Å². The lowest BCUT2D eigenvalue weighted by atomic mass is 10.7. The standard InChI is InChI=1S/C4HCl2O/c5-3-1-2-4(6)7-3/h1H. The first-order valence-electron chi connectivity index (χ1n) is 1.61. The van der Waals surface area contributed by atoms with Crippen molar-refractivity contribution in [1.82, 2.24) is 0 Å². The highest BCUT2D eigenvalue weighted by Gasteiger charge is 1.91. The maximum absolute atomic E-state index is 5.28. The van der Waals surface area contributed by atoms with Gasteiger partial charge in [-0.15, -0.1) is 0 Å². The van der Waals surface area contributed by atoms with Crippen LogP contribution < -0.4 is 0 Å². The Morgan fingerprint density at radius 2 is 2.29 bits per heavy atom. The molecule has 1 nitrogen and oxygen atoms in total. The van der Waals surface area contributed by atoms with Crippen LogP contribution in [0.5, 0.6) is 0 Å². The molecule has 1 radical (unpaired) electrons. The molecule has 3 heteroatoms. The van der Waals surface area contributed by atoms with Crippen molar-refractivity contribution in [2.45, 2.75) is 0 Å². The van der Waals surface area contributed by atoms with Gasteiger partial charge in [-0.1, -0.05) is 0 Å². The Morgan fingerprint density at radius 1 is 1.57 bits per heavy atom. The third-order valence-corrected chi connectivity index (χ3v) is 0.859. The van der Waals surface area contributed by atoms with Crippen molar-refractivity contribution in [2.75, 3.05) is 0 Å². The van der Waals surface area contributed by atoms with Crippen molar-refractivity contribution in [3.05, 3.63) is 22.6 Å². The molecule has 0 aromatic carbocycles. The van der Waals surface area contributed by atoms with Crippen LogP contribution in [-0.2, 0) is 0 Å². The second-order valence-corrected chi connectivity index (χ2v) is 1.68. The smallest absolute Gasteiger partial charge is 0.203 e. The van der Waals surface area contributed by atoms with Crippen molar-refractivity contribution in [3.8, 4) is 0 Å². The number of rotatable bonds is 0. The predicted octanol–water partition coefficient (Wildman–Crippen LogP) is 2.39. The van der Waals surface area contributed by atoms with E-state index in [4.69, 9.17) is 23.2 Å². The lowest BCUT2D eigenvalue weighted by Gasteiger charge is -1.71. The molecule has 37 valence electrons. The molecule has 1 rings (SSSR count). The molecule has 0 spiro atoms. The summed E-state index contributed by atoms with van der Waals surface area (Å²) in [4.78, 5) is 0. The SMILES string of the molecule is Clc1[c]cc(Cl)o1. The maximum Gasteiger partial charge on any atom is 0.203 e. The van der Waals surface area contributed by atoms with Crippen LogP contribution in [0.15, 0.2) is 10.5 Å². The highest BCUT2D eigenvalue weighted by atomic mass is 35.5. The fraction of sp³-hybridized carbons (Fsp3) is 0. The van der Waals surface area contributed by atoms with Gasteiger partial charge in [0.15, 0.2) is 5.22 Å². The highest BCUT2D eigenvalue weighted by Crippen LogP contribution is 2.15. The fourth-order valence-electron chi connectivity index (χ4n) is 0.258. The molecule has 1 heterocycles. The summed E-state index contributed by atoms with van der Waals surface area (Å²) in [5, 5.41) is 0.468. The van der Waals surface area contributed by atoms with Crippen molar-refractivity contribution in [1.29, 1.82) is 0 Å². The van der Waals surface area contributed by atoms with E-state index in [1.165, 1.54) is 6.07 Å². The van der Waals surface area contributed by atoms with Crippen LogP contribution in [0.2, 0.25) is 10.4 Å². The monoisotopic (exact) mass is 135 g/mol. The van der Waals surface area contributed by atoms with Crippen LogP contribution in [0.1, 0.15) is 0 Å². The Hall–Kier alpha value is -0.140. The van der Waals surface area contributed by atoms with Crippen LogP contribution >= 0.6 is 23.2 Å². The molecule has 0 aliphatic rings. The van der Waals surface area contributed by atoms with E-state index in [-0.39, 0.29) is 10.4 Å². The van der Waals surface area contributed by atoms with Crippen LogP contribution in [0.4, 0.5) is 0 Å². The topological polar surface area (TPSA) is 13.1 Å². The summed E-state index contributed by atoms with van der Waals surface area (Å²) in [5.74, 6) is 0. The number of furan rings is 1. The van der Waals surface area contributed by atoms with Crippen molar-refractivity contribution in [3.63, 3.8) is 0 Å². The summed E-state index contributed by atoms with van der Waals surface area (Å²) < 4.78 is 4.56. The molecule has 0 saturated carbocycles. The quantitative estimate of drug-likeness (QED) is 0.533. The van der Waals surface area contributed by atoms with Gasteiger partial charge in [-0.3, -0.25) is 0 Å². The summed E-state index contributed by atoms with van der Waals surface area (Å²) in [7, 11) is 0. The normalized spacial score (nSPS) is 9.43. The van der Waals surface area contributed by atoms with Crippen LogP contribution in [0.25, 0.3) is 0 Å². The lowest BCUT2D eigenvalue weighted by Crippen LogP contribution is -1.39. The van der Waals surface area contributed by atoms with Crippen LogP contribution in [0, 0.1) is 6.07 Å². The van der Waals surface area contributed by atoms with E-state index >= 15 is 0 Å². The second-order valence-electron chi connectivity index (χ2n) is 0.969. The molecule has 7 heavy (non-hydrogen) atoms.